The maximum Gasteiger partial charge on any atom is 0.220 e. The number of nitrogens with one attached hydrogen (secondary N) is 2. The van der Waals surface area contributed by atoms with Crippen LogP contribution in [-0.2, 0) is 4.79 Å². The summed E-state index contributed by atoms with van der Waals surface area (Å²) in [6.45, 7) is 6.22. The molecule has 0 spiro atoms. The molecule has 1 rings (SSSR count). The molecule has 0 aromatic heterocycles. The van der Waals surface area contributed by atoms with Crippen LogP contribution < -0.4 is 10.6 Å². The van der Waals surface area contributed by atoms with E-state index in [1.165, 1.54) is 12.8 Å². The quantitative estimate of drug-likeness (QED) is 0.703. The molecule has 1 saturated heterocycles. The normalized spacial score (nSPS) is 22.7. The Morgan fingerprint density at radius 3 is 3.00 bits per heavy atom. The Labute approximate surface area is 93.0 Å². The molecule has 0 aromatic rings. The summed E-state index contributed by atoms with van der Waals surface area (Å²) >= 11 is 0. The molecule has 0 radical (unpaired) electrons. The minimum atomic E-state index is 0.211. The number of carbonyl (C=O) groups excluding carboxylic acids is 1. The van der Waals surface area contributed by atoms with Crippen LogP contribution in [0.15, 0.2) is 0 Å². The van der Waals surface area contributed by atoms with E-state index in [9.17, 15) is 4.79 Å². The lowest BCUT2D eigenvalue weighted by Gasteiger charge is -2.12. The van der Waals surface area contributed by atoms with E-state index < -0.39 is 0 Å². The average Bonchev–Trinajstić information content (AvgIpc) is 2.70. The van der Waals surface area contributed by atoms with Crippen molar-refractivity contribution in [3.8, 4) is 0 Å². The Bertz CT molecular complexity index is 188. The highest BCUT2D eigenvalue weighted by atomic mass is 16.1. The van der Waals surface area contributed by atoms with Crippen LogP contribution >= 0.6 is 0 Å². The van der Waals surface area contributed by atoms with Gasteiger partial charge in [-0.2, -0.15) is 0 Å². The first-order valence-electron chi connectivity index (χ1n) is 6.22. The van der Waals surface area contributed by atoms with Gasteiger partial charge in [0.25, 0.3) is 0 Å². The standard InChI is InChI=1S/C12H24N2O/c1-3-10(2)9-12(15)14-8-6-11-5-4-7-13-11/h10-11,13H,3-9H2,1-2H3,(H,14,15)/t10?,11-/m0/s1. The molecular weight excluding hydrogens is 188 g/mol. The Hall–Kier alpha value is -0.570. The van der Waals surface area contributed by atoms with Crippen molar-refractivity contribution >= 4 is 5.91 Å². The SMILES string of the molecule is CCC(C)CC(=O)NCC[C@@H]1CCCN1. The van der Waals surface area contributed by atoms with E-state index in [0.29, 0.717) is 18.4 Å². The monoisotopic (exact) mass is 212 g/mol. The molecule has 1 unspecified atom stereocenters. The molecule has 0 saturated carbocycles. The molecule has 3 heteroatoms. The average molecular weight is 212 g/mol. The third-order valence-corrected chi connectivity index (χ3v) is 3.21. The molecule has 1 fully saturated rings. The van der Waals surface area contributed by atoms with Crippen LogP contribution in [0.4, 0.5) is 0 Å². The fourth-order valence-electron chi connectivity index (χ4n) is 1.92. The summed E-state index contributed by atoms with van der Waals surface area (Å²) in [5.41, 5.74) is 0. The molecule has 88 valence electrons. The largest absolute Gasteiger partial charge is 0.356 e. The van der Waals surface area contributed by atoms with Gasteiger partial charge in [0.15, 0.2) is 0 Å². The van der Waals surface area contributed by atoms with Gasteiger partial charge in [0.1, 0.15) is 0 Å². The molecule has 0 aliphatic carbocycles. The Kier molecular flexibility index (Phi) is 5.69. The van der Waals surface area contributed by atoms with Gasteiger partial charge in [-0.1, -0.05) is 20.3 Å². The van der Waals surface area contributed by atoms with Crippen LogP contribution in [0.5, 0.6) is 0 Å². The summed E-state index contributed by atoms with van der Waals surface area (Å²) in [6, 6.07) is 0.633. The molecule has 2 atom stereocenters. The third kappa shape index (κ3) is 5.17. The molecule has 2 N–H and O–H groups in total. The lowest BCUT2D eigenvalue weighted by molar-refractivity contribution is -0.121. The summed E-state index contributed by atoms with van der Waals surface area (Å²) in [5.74, 6) is 0.719. The molecule has 1 heterocycles. The molecule has 0 aromatic carbocycles. The highest BCUT2D eigenvalue weighted by Crippen LogP contribution is 2.08. The van der Waals surface area contributed by atoms with E-state index >= 15 is 0 Å². The second-order valence-corrected chi connectivity index (χ2v) is 4.65. The van der Waals surface area contributed by atoms with E-state index in [4.69, 9.17) is 0 Å². The predicted octanol–water partition coefficient (Wildman–Crippen LogP) is 1.68. The first kappa shape index (κ1) is 12.5. The van der Waals surface area contributed by atoms with Crippen LogP contribution in [0, 0.1) is 5.92 Å². The maximum absolute atomic E-state index is 11.5. The summed E-state index contributed by atoms with van der Waals surface area (Å²) in [4.78, 5) is 11.5. The summed E-state index contributed by atoms with van der Waals surface area (Å²) < 4.78 is 0. The highest BCUT2D eigenvalue weighted by molar-refractivity contribution is 5.76. The van der Waals surface area contributed by atoms with Crippen molar-refractivity contribution in [1.82, 2.24) is 10.6 Å². The van der Waals surface area contributed by atoms with Gasteiger partial charge in [0.2, 0.25) is 5.91 Å². The van der Waals surface area contributed by atoms with E-state index in [1.54, 1.807) is 0 Å². The molecule has 1 amide bonds. The first-order chi connectivity index (χ1) is 7.22. The van der Waals surface area contributed by atoms with Gasteiger partial charge in [0, 0.05) is 19.0 Å². The lowest BCUT2D eigenvalue weighted by atomic mass is 10.0. The van der Waals surface area contributed by atoms with Gasteiger partial charge in [-0.15, -0.1) is 0 Å². The van der Waals surface area contributed by atoms with E-state index in [1.807, 2.05) is 0 Å². The predicted molar refractivity (Wildman–Crippen MR) is 62.7 cm³/mol. The number of carbonyl (C=O) groups is 1. The minimum absolute atomic E-state index is 0.211. The van der Waals surface area contributed by atoms with E-state index in [2.05, 4.69) is 24.5 Å². The number of hydrogen-bond donors (Lipinski definition) is 2. The van der Waals surface area contributed by atoms with Crippen molar-refractivity contribution in [3.63, 3.8) is 0 Å². The van der Waals surface area contributed by atoms with Crippen molar-refractivity contribution in [3.05, 3.63) is 0 Å². The summed E-state index contributed by atoms with van der Waals surface area (Å²) in [7, 11) is 0. The fraction of sp³-hybridized carbons (Fsp3) is 0.917. The number of rotatable bonds is 6. The van der Waals surface area contributed by atoms with Crippen LogP contribution in [0.25, 0.3) is 0 Å². The van der Waals surface area contributed by atoms with Gasteiger partial charge in [0.05, 0.1) is 0 Å². The Morgan fingerprint density at radius 1 is 1.60 bits per heavy atom. The maximum atomic E-state index is 11.5. The van der Waals surface area contributed by atoms with Gasteiger partial charge in [-0.25, -0.2) is 0 Å². The topological polar surface area (TPSA) is 41.1 Å². The van der Waals surface area contributed by atoms with Crippen LogP contribution in [0.2, 0.25) is 0 Å². The van der Waals surface area contributed by atoms with E-state index in [-0.39, 0.29) is 5.91 Å². The molecule has 0 bridgehead atoms. The van der Waals surface area contributed by atoms with Gasteiger partial charge in [-0.3, -0.25) is 4.79 Å². The second-order valence-electron chi connectivity index (χ2n) is 4.65. The molecule has 1 aliphatic heterocycles. The van der Waals surface area contributed by atoms with Gasteiger partial charge >= 0.3 is 0 Å². The van der Waals surface area contributed by atoms with Crippen molar-refractivity contribution in [1.29, 1.82) is 0 Å². The zero-order valence-corrected chi connectivity index (χ0v) is 10.0. The van der Waals surface area contributed by atoms with Gasteiger partial charge in [-0.05, 0) is 31.7 Å². The molecule has 3 nitrogen and oxygen atoms in total. The Morgan fingerprint density at radius 2 is 2.40 bits per heavy atom. The third-order valence-electron chi connectivity index (χ3n) is 3.21. The van der Waals surface area contributed by atoms with Crippen LogP contribution in [0.1, 0.15) is 46.0 Å². The zero-order valence-electron chi connectivity index (χ0n) is 10.0. The fourth-order valence-corrected chi connectivity index (χ4v) is 1.92. The lowest BCUT2D eigenvalue weighted by Crippen LogP contribution is -2.31. The molecule has 1 aliphatic rings. The van der Waals surface area contributed by atoms with Crippen LogP contribution in [0.3, 0.4) is 0 Å². The van der Waals surface area contributed by atoms with E-state index in [0.717, 1.165) is 25.9 Å². The van der Waals surface area contributed by atoms with Crippen LogP contribution in [-0.4, -0.2) is 25.0 Å². The summed E-state index contributed by atoms with van der Waals surface area (Å²) in [6.07, 6.45) is 5.38. The number of amides is 1. The zero-order chi connectivity index (χ0) is 11.1. The van der Waals surface area contributed by atoms with Crippen molar-refractivity contribution in [2.75, 3.05) is 13.1 Å². The van der Waals surface area contributed by atoms with Crippen molar-refractivity contribution in [2.45, 2.75) is 52.0 Å². The highest BCUT2D eigenvalue weighted by Gasteiger charge is 2.13. The van der Waals surface area contributed by atoms with Crippen molar-refractivity contribution < 1.29 is 4.79 Å². The molecular formula is C12H24N2O. The van der Waals surface area contributed by atoms with Gasteiger partial charge < -0.3 is 10.6 Å². The smallest absolute Gasteiger partial charge is 0.220 e. The Balaban J connectivity index is 2.01. The minimum Gasteiger partial charge on any atom is -0.356 e. The summed E-state index contributed by atoms with van der Waals surface area (Å²) in [5, 5.41) is 6.43. The van der Waals surface area contributed by atoms with Crippen molar-refractivity contribution in [2.24, 2.45) is 5.92 Å². The first-order valence-corrected chi connectivity index (χ1v) is 6.22. The number of hydrogen-bond acceptors (Lipinski definition) is 2. The molecule has 15 heavy (non-hydrogen) atoms. The second kappa shape index (κ2) is 6.83.